The Labute approximate surface area is 155 Å². The normalized spacial score (nSPS) is 15.6. The molecule has 6 heteroatoms. The minimum atomic E-state index is -0.390. The van der Waals surface area contributed by atoms with Crippen molar-refractivity contribution in [3.05, 3.63) is 71.9 Å². The molecular weight excluding hydrogens is 345 g/mol. The highest BCUT2D eigenvalue weighted by atomic mass is 19.1. The topological polar surface area (TPSA) is 56.1 Å². The van der Waals surface area contributed by atoms with Gasteiger partial charge in [0, 0.05) is 12.3 Å². The minimum Gasteiger partial charge on any atom is -0.481 e. The molecule has 2 heterocycles. The minimum absolute atomic E-state index is 0.152. The van der Waals surface area contributed by atoms with Crippen LogP contribution in [0.3, 0.4) is 0 Å². The van der Waals surface area contributed by atoms with E-state index >= 15 is 0 Å². The van der Waals surface area contributed by atoms with Gasteiger partial charge in [-0.1, -0.05) is 30.2 Å². The highest BCUT2D eigenvalue weighted by Gasteiger charge is 2.31. The SMILES string of the molecule is C#CCOc1cccc(C2CC(=O)Nc3c2ncn3-c2ccccc2F)c1. The zero-order valence-corrected chi connectivity index (χ0v) is 14.4. The van der Waals surface area contributed by atoms with Crippen molar-refractivity contribution in [2.45, 2.75) is 12.3 Å². The number of nitrogens with one attached hydrogen (secondary N) is 1. The third kappa shape index (κ3) is 3.15. The Morgan fingerprint density at radius 1 is 1.30 bits per heavy atom. The molecule has 0 spiro atoms. The van der Waals surface area contributed by atoms with Crippen LogP contribution in [0.2, 0.25) is 0 Å². The third-order valence-electron chi connectivity index (χ3n) is 4.47. The van der Waals surface area contributed by atoms with E-state index in [9.17, 15) is 9.18 Å². The van der Waals surface area contributed by atoms with E-state index in [-0.39, 0.29) is 24.9 Å². The number of benzene rings is 2. The average molecular weight is 361 g/mol. The van der Waals surface area contributed by atoms with Gasteiger partial charge < -0.3 is 10.1 Å². The summed E-state index contributed by atoms with van der Waals surface area (Å²) in [7, 11) is 0. The standard InChI is InChI=1S/C21H16FN3O2/c1-2-10-27-15-7-5-6-14(11-15)16-12-19(26)24-21-20(16)23-13-25(21)18-9-4-3-8-17(18)22/h1,3-9,11,13,16H,10,12H2,(H,24,26). The third-order valence-corrected chi connectivity index (χ3v) is 4.47. The molecule has 1 aliphatic heterocycles. The molecule has 5 nitrogen and oxygen atoms in total. The fraction of sp³-hybridized carbons (Fsp3) is 0.143. The van der Waals surface area contributed by atoms with Gasteiger partial charge in [0.05, 0.1) is 11.4 Å². The summed E-state index contributed by atoms with van der Waals surface area (Å²) in [5, 5.41) is 2.82. The Kier molecular flexibility index (Phi) is 4.35. The van der Waals surface area contributed by atoms with Crippen molar-refractivity contribution >= 4 is 11.7 Å². The number of nitrogens with zero attached hydrogens (tertiary/aromatic N) is 2. The second kappa shape index (κ2) is 6.96. The van der Waals surface area contributed by atoms with Gasteiger partial charge in [0.2, 0.25) is 5.91 Å². The molecule has 0 fully saturated rings. The quantitative estimate of drug-likeness (QED) is 0.724. The number of carbonyl (C=O) groups excluding carboxylic acids is 1. The van der Waals surface area contributed by atoms with Crippen LogP contribution in [-0.4, -0.2) is 22.1 Å². The summed E-state index contributed by atoms with van der Waals surface area (Å²) in [6.45, 7) is 0.168. The average Bonchev–Trinajstić information content (AvgIpc) is 3.10. The van der Waals surface area contributed by atoms with Crippen LogP contribution < -0.4 is 10.1 Å². The number of rotatable bonds is 4. The molecule has 3 aromatic rings. The van der Waals surface area contributed by atoms with Gasteiger partial charge in [0.1, 0.15) is 30.3 Å². The van der Waals surface area contributed by atoms with E-state index in [1.54, 1.807) is 22.8 Å². The van der Waals surface area contributed by atoms with Crippen LogP contribution in [0, 0.1) is 18.2 Å². The van der Waals surface area contributed by atoms with Crippen LogP contribution in [0.1, 0.15) is 23.6 Å². The number of ether oxygens (including phenoxy) is 1. The maximum Gasteiger partial charge on any atom is 0.226 e. The molecular formula is C21H16FN3O2. The lowest BCUT2D eigenvalue weighted by molar-refractivity contribution is -0.116. The van der Waals surface area contributed by atoms with Crippen LogP contribution in [0.5, 0.6) is 5.75 Å². The van der Waals surface area contributed by atoms with Gasteiger partial charge >= 0.3 is 0 Å². The lowest BCUT2D eigenvalue weighted by Gasteiger charge is -2.23. The number of fused-ring (bicyclic) bond motifs is 1. The Bertz CT molecular complexity index is 1050. The number of aromatic nitrogens is 2. The second-order valence-corrected chi connectivity index (χ2v) is 6.17. The van der Waals surface area contributed by atoms with Crippen molar-refractivity contribution in [2.75, 3.05) is 11.9 Å². The number of terminal acetylenes is 1. The molecule has 134 valence electrons. The predicted octanol–water partition coefficient (Wildman–Crippen LogP) is 3.50. The van der Waals surface area contributed by atoms with Crippen molar-refractivity contribution in [2.24, 2.45) is 0 Å². The Morgan fingerprint density at radius 2 is 2.15 bits per heavy atom. The van der Waals surface area contributed by atoms with Gasteiger partial charge in [0.25, 0.3) is 0 Å². The number of hydrogen-bond donors (Lipinski definition) is 1. The molecule has 0 aliphatic carbocycles. The second-order valence-electron chi connectivity index (χ2n) is 6.17. The van der Waals surface area contributed by atoms with Crippen LogP contribution >= 0.6 is 0 Å². The number of para-hydroxylation sites is 1. The summed E-state index contributed by atoms with van der Waals surface area (Å²) in [6.07, 6.45) is 7.02. The molecule has 1 aromatic heterocycles. The summed E-state index contributed by atoms with van der Waals surface area (Å²) in [4.78, 5) is 16.8. The van der Waals surface area contributed by atoms with Gasteiger partial charge in [-0.15, -0.1) is 6.42 Å². The summed E-state index contributed by atoms with van der Waals surface area (Å²) in [5.74, 6) is 2.74. The molecule has 4 rings (SSSR count). The van der Waals surface area contributed by atoms with E-state index in [0.29, 0.717) is 22.9 Å². The lowest BCUT2D eigenvalue weighted by atomic mass is 9.89. The van der Waals surface area contributed by atoms with Gasteiger partial charge in [-0.05, 0) is 29.8 Å². The van der Waals surface area contributed by atoms with E-state index in [2.05, 4.69) is 16.2 Å². The monoisotopic (exact) mass is 361 g/mol. The van der Waals surface area contributed by atoms with Crippen LogP contribution in [0.15, 0.2) is 54.9 Å². The zero-order valence-electron chi connectivity index (χ0n) is 14.4. The first-order valence-corrected chi connectivity index (χ1v) is 8.45. The van der Waals surface area contributed by atoms with E-state index in [4.69, 9.17) is 11.2 Å². The summed E-state index contributed by atoms with van der Waals surface area (Å²) in [6, 6.07) is 13.8. The smallest absolute Gasteiger partial charge is 0.226 e. The highest BCUT2D eigenvalue weighted by molar-refractivity contribution is 5.94. The molecule has 1 N–H and O–H groups in total. The van der Waals surface area contributed by atoms with E-state index in [1.807, 2.05) is 24.3 Å². The van der Waals surface area contributed by atoms with E-state index in [1.165, 1.54) is 12.4 Å². The Hall–Kier alpha value is -3.59. The molecule has 0 saturated carbocycles. The number of anilines is 1. The van der Waals surface area contributed by atoms with Crippen molar-refractivity contribution in [3.63, 3.8) is 0 Å². The van der Waals surface area contributed by atoms with Crippen molar-refractivity contribution in [3.8, 4) is 23.8 Å². The predicted molar refractivity (Wildman–Crippen MR) is 99.4 cm³/mol. The summed E-state index contributed by atoms with van der Waals surface area (Å²) >= 11 is 0. The molecule has 0 saturated heterocycles. The first-order chi connectivity index (χ1) is 13.2. The molecule has 0 bridgehead atoms. The fourth-order valence-electron chi connectivity index (χ4n) is 3.26. The zero-order chi connectivity index (χ0) is 18.8. The molecule has 1 aliphatic rings. The number of carbonyl (C=O) groups is 1. The van der Waals surface area contributed by atoms with Gasteiger partial charge in [-0.25, -0.2) is 9.37 Å². The number of imidazole rings is 1. The number of amides is 1. The summed E-state index contributed by atoms with van der Waals surface area (Å²) < 4.78 is 21.3. The van der Waals surface area contributed by atoms with Gasteiger partial charge in [-0.3, -0.25) is 9.36 Å². The molecule has 1 unspecified atom stereocenters. The fourth-order valence-corrected chi connectivity index (χ4v) is 3.26. The first-order valence-electron chi connectivity index (χ1n) is 8.45. The molecule has 2 aromatic carbocycles. The molecule has 1 atom stereocenters. The maximum atomic E-state index is 14.2. The largest absolute Gasteiger partial charge is 0.481 e. The van der Waals surface area contributed by atoms with Gasteiger partial charge in [0.15, 0.2) is 0 Å². The first kappa shape index (κ1) is 16.9. The van der Waals surface area contributed by atoms with Gasteiger partial charge in [-0.2, -0.15) is 0 Å². The van der Waals surface area contributed by atoms with E-state index in [0.717, 1.165) is 5.56 Å². The van der Waals surface area contributed by atoms with Crippen LogP contribution in [0.25, 0.3) is 5.69 Å². The maximum absolute atomic E-state index is 14.2. The van der Waals surface area contributed by atoms with Crippen molar-refractivity contribution in [1.82, 2.24) is 9.55 Å². The van der Waals surface area contributed by atoms with Crippen LogP contribution in [-0.2, 0) is 4.79 Å². The molecule has 0 radical (unpaired) electrons. The number of hydrogen-bond acceptors (Lipinski definition) is 3. The Balaban J connectivity index is 1.76. The molecule has 1 amide bonds. The lowest BCUT2D eigenvalue weighted by Crippen LogP contribution is -2.25. The Morgan fingerprint density at radius 3 is 2.96 bits per heavy atom. The number of halogens is 1. The van der Waals surface area contributed by atoms with E-state index < -0.39 is 5.82 Å². The summed E-state index contributed by atoms with van der Waals surface area (Å²) in [5.41, 5.74) is 1.91. The van der Waals surface area contributed by atoms with Crippen molar-refractivity contribution in [1.29, 1.82) is 0 Å². The van der Waals surface area contributed by atoms with Crippen molar-refractivity contribution < 1.29 is 13.9 Å². The highest BCUT2D eigenvalue weighted by Crippen LogP contribution is 2.38. The molecule has 27 heavy (non-hydrogen) atoms. The van der Waals surface area contributed by atoms with Crippen LogP contribution in [0.4, 0.5) is 10.2 Å².